The second kappa shape index (κ2) is 5.85. The fourth-order valence-corrected chi connectivity index (χ4v) is 3.53. The molecule has 2 N–H and O–H groups in total. The van der Waals surface area contributed by atoms with E-state index < -0.39 is 10.2 Å². The van der Waals surface area contributed by atoms with Gasteiger partial charge in [0.05, 0.1) is 11.9 Å². The van der Waals surface area contributed by atoms with Crippen molar-refractivity contribution >= 4 is 15.9 Å². The molecular weight excluding hydrogens is 266 g/mol. The minimum absolute atomic E-state index is 0.0258. The predicted molar refractivity (Wildman–Crippen MR) is 72.9 cm³/mol. The molecule has 1 aromatic rings. The van der Waals surface area contributed by atoms with Crippen LogP contribution < -0.4 is 4.72 Å². The topological polar surface area (TPSA) is 82.5 Å². The quantitative estimate of drug-likeness (QED) is 0.855. The molecule has 1 saturated heterocycles. The summed E-state index contributed by atoms with van der Waals surface area (Å²) in [6.45, 7) is 2.74. The highest BCUT2D eigenvalue weighted by Gasteiger charge is 2.28. The molecule has 2 rings (SSSR count). The number of rotatable bonds is 4. The fraction of sp³-hybridized carbons (Fsp3) is 0.583. The Morgan fingerprint density at radius 3 is 3.00 bits per heavy atom. The highest BCUT2D eigenvalue weighted by Crippen LogP contribution is 2.20. The van der Waals surface area contributed by atoms with Crippen molar-refractivity contribution in [1.82, 2.24) is 9.29 Å². The summed E-state index contributed by atoms with van der Waals surface area (Å²) in [4.78, 5) is 3.96. The Bertz CT molecular complexity index is 533. The number of aromatic nitrogens is 1. The Hall–Kier alpha value is -1.18. The molecule has 0 saturated carbocycles. The lowest BCUT2D eigenvalue weighted by Crippen LogP contribution is -2.43. The number of aliphatic hydroxyl groups is 1. The monoisotopic (exact) mass is 285 g/mol. The fourth-order valence-electron chi connectivity index (χ4n) is 2.22. The van der Waals surface area contributed by atoms with E-state index in [9.17, 15) is 8.42 Å². The highest BCUT2D eigenvalue weighted by molar-refractivity contribution is 7.90. The van der Waals surface area contributed by atoms with Crippen molar-refractivity contribution in [2.24, 2.45) is 5.92 Å². The second-order valence-corrected chi connectivity index (χ2v) is 6.58. The van der Waals surface area contributed by atoms with E-state index in [0.717, 1.165) is 18.4 Å². The maximum atomic E-state index is 12.2. The zero-order valence-corrected chi connectivity index (χ0v) is 11.7. The molecule has 0 aromatic carbocycles. The summed E-state index contributed by atoms with van der Waals surface area (Å²) < 4.78 is 28.4. The van der Waals surface area contributed by atoms with Gasteiger partial charge in [-0.1, -0.05) is 0 Å². The first-order valence-corrected chi connectivity index (χ1v) is 7.75. The third-order valence-electron chi connectivity index (χ3n) is 3.20. The van der Waals surface area contributed by atoms with Gasteiger partial charge in [0, 0.05) is 25.9 Å². The molecule has 6 nitrogen and oxygen atoms in total. The molecule has 1 aliphatic heterocycles. The molecule has 19 heavy (non-hydrogen) atoms. The normalized spacial score (nSPS) is 21.3. The summed E-state index contributed by atoms with van der Waals surface area (Å²) in [6.07, 6.45) is 4.80. The number of hydrogen-bond donors (Lipinski definition) is 2. The SMILES string of the molecule is Cc1cncc(NS(=O)(=O)N2CCCC(CO)C2)c1. The Labute approximate surface area is 113 Å². The number of pyridine rings is 1. The average Bonchev–Trinajstić information content (AvgIpc) is 2.38. The van der Waals surface area contributed by atoms with Crippen LogP contribution in [0.4, 0.5) is 5.69 Å². The lowest BCUT2D eigenvalue weighted by atomic mass is 10.0. The van der Waals surface area contributed by atoms with E-state index in [0.29, 0.717) is 18.8 Å². The largest absolute Gasteiger partial charge is 0.396 e. The van der Waals surface area contributed by atoms with Gasteiger partial charge in [-0.15, -0.1) is 0 Å². The lowest BCUT2D eigenvalue weighted by Gasteiger charge is -2.30. The van der Waals surface area contributed by atoms with E-state index in [1.165, 1.54) is 10.5 Å². The van der Waals surface area contributed by atoms with Gasteiger partial charge in [0.2, 0.25) is 0 Å². The summed E-state index contributed by atoms with van der Waals surface area (Å²) in [5, 5.41) is 9.15. The van der Waals surface area contributed by atoms with Crippen LogP contribution in [0.25, 0.3) is 0 Å². The van der Waals surface area contributed by atoms with E-state index in [2.05, 4.69) is 9.71 Å². The van der Waals surface area contributed by atoms with Crippen LogP contribution in [0.1, 0.15) is 18.4 Å². The van der Waals surface area contributed by atoms with Crippen LogP contribution in [0.5, 0.6) is 0 Å². The van der Waals surface area contributed by atoms with Crippen molar-refractivity contribution in [1.29, 1.82) is 0 Å². The number of aryl methyl sites for hydroxylation is 1. The first-order valence-electron chi connectivity index (χ1n) is 6.31. The molecule has 1 fully saturated rings. The van der Waals surface area contributed by atoms with Gasteiger partial charge < -0.3 is 5.11 Å². The molecule has 0 aliphatic carbocycles. The zero-order chi connectivity index (χ0) is 13.9. The van der Waals surface area contributed by atoms with Crippen molar-refractivity contribution in [3.63, 3.8) is 0 Å². The van der Waals surface area contributed by atoms with Gasteiger partial charge >= 0.3 is 10.2 Å². The van der Waals surface area contributed by atoms with Crippen molar-refractivity contribution in [2.75, 3.05) is 24.4 Å². The van der Waals surface area contributed by atoms with E-state index in [4.69, 9.17) is 5.11 Å². The minimum Gasteiger partial charge on any atom is -0.396 e. The third-order valence-corrected chi connectivity index (χ3v) is 4.71. The molecule has 2 heterocycles. The van der Waals surface area contributed by atoms with Crippen molar-refractivity contribution in [3.05, 3.63) is 24.0 Å². The predicted octanol–water partition coefficient (Wildman–Crippen LogP) is 0.751. The summed E-state index contributed by atoms with van der Waals surface area (Å²) in [7, 11) is -3.56. The smallest absolute Gasteiger partial charge is 0.301 e. The van der Waals surface area contributed by atoms with Crippen LogP contribution in [0.15, 0.2) is 18.5 Å². The van der Waals surface area contributed by atoms with E-state index in [1.807, 2.05) is 6.92 Å². The molecule has 0 spiro atoms. The highest BCUT2D eigenvalue weighted by atomic mass is 32.2. The number of anilines is 1. The van der Waals surface area contributed by atoms with E-state index in [-0.39, 0.29) is 12.5 Å². The average molecular weight is 285 g/mol. The van der Waals surface area contributed by atoms with Crippen molar-refractivity contribution < 1.29 is 13.5 Å². The van der Waals surface area contributed by atoms with Crippen LogP contribution in [-0.4, -0.2) is 42.5 Å². The third kappa shape index (κ3) is 3.65. The Balaban J connectivity index is 2.09. The molecular formula is C12H19N3O3S. The Morgan fingerprint density at radius 1 is 1.53 bits per heavy atom. The Kier molecular flexibility index (Phi) is 4.38. The molecule has 7 heteroatoms. The number of nitrogens with zero attached hydrogens (tertiary/aromatic N) is 2. The molecule has 1 unspecified atom stereocenters. The number of hydrogen-bond acceptors (Lipinski definition) is 4. The van der Waals surface area contributed by atoms with Crippen molar-refractivity contribution in [3.8, 4) is 0 Å². The first kappa shape index (κ1) is 14.2. The maximum Gasteiger partial charge on any atom is 0.301 e. The molecule has 0 radical (unpaired) electrons. The van der Waals surface area contributed by atoms with Crippen LogP contribution in [-0.2, 0) is 10.2 Å². The van der Waals surface area contributed by atoms with Crippen LogP contribution in [0, 0.1) is 12.8 Å². The lowest BCUT2D eigenvalue weighted by molar-refractivity contribution is 0.166. The number of aliphatic hydroxyl groups excluding tert-OH is 1. The molecule has 0 amide bonds. The molecule has 106 valence electrons. The van der Waals surface area contributed by atoms with Gasteiger partial charge in [-0.3, -0.25) is 9.71 Å². The molecule has 1 aliphatic rings. The summed E-state index contributed by atoms with van der Waals surface area (Å²) in [5.74, 6) is 0.0287. The minimum atomic E-state index is -3.56. The van der Waals surface area contributed by atoms with Crippen LogP contribution in [0.3, 0.4) is 0 Å². The van der Waals surface area contributed by atoms with Gasteiger partial charge in [-0.25, -0.2) is 0 Å². The zero-order valence-electron chi connectivity index (χ0n) is 10.9. The first-order chi connectivity index (χ1) is 9.01. The van der Waals surface area contributed by atoms with Gasteiger partial charge in [0.1, 0.15) is 0 Å². The standard InChI is InChI=1S/C12H19N3O3S/c1-10-5-12(7-13-6-10)14-19(17,18)15-4-2-3-11(8-15)9-16/h5-7,11,14,16H,2-4,8-9H2,1H3. The van der Waals surface area contributed by atoms with Crippen LogP contribution >= 0.6 is 0 Å². The van der Waals surface area contributed by atoms with E-state index >= 15 is 0 Å². The molecule has 0 bridgehead atoms. The number of nitrogens with one attached hydrogen (secondary N) is 1. The summed E-state index contributed by atoms with van der Waals surface area (Å²) in [5.41, 5.74) is 1.36. The summed E-state index contributed by atoms with van der Waals surface area (Å²) in [6, 6.07) is 1.73. The van der Waals surface area contributed by atoms with Crippen molar-refractivity contribution in [2.45, 2.75) is 19.8 Å². The maximum absolute atomic E-state index is 12.2. The van der Waals surface area contributed by atoms with Gasteiger partial charge in [-0.05, 0) is 37.3 Å². The van der Waals surface area contributed by atoms with Gasteiger partial charge in [0.15, 0.2) is 0 Å². The molecule has 1 atom stereocenters. The molecule has 1 aromatic heterocycles. The van der Waals surface area contributed by atoms with Gasteiger partial charge in [-0.2, -0.15) is 12.7 Å². The van der Waals surface area contributed by atoms with E-state index in [1.54, 1.807) is 12.3 Å². The Morgan fingerprint density at radius 2 is 2.32 bits per heavy atom. The second-order valence-electron chi connectivity index (χ2n) is 4.91. The summed E-state index contributed by atoms with van der Waals surface area (Å²) >= 11 is 0. The number of piperidine rings is 1. The van der Waals surface area contributed by atoms with Gasteiger partial charge in [0.25, 0.3) is 0 Å². The van der Waals surface area contributed by atoms with Crippen LogP contribution in [0.2, 0.25) is 0 Å².